The Labute approximate surface area is 195 Å². The van der Waals surface area contributed by atoms with Gasteiger partial charge in [0.25, 0.3) is 0 Å². The van der Waals surface area contributed by atoms with Gasteiger partial charge in [-0.3, -0.25) is 4.90 Å². The molecule has 6 heteroatoms. The fourth-order valence-electron chi connectivity index (χ4n) is 3.99. The largest absolute Gasteiger partial charge is 0.435 e. The van der Waals surface area contributed by atoms with E-state index in [0.29, 0.717) is 31.3 Å². The summed E-state index contributed by atoms with van der Waals surface area (Å²) in [4.78, 5) is 2.28. The van der Waals surface area contributed by atoms with E-state index in [0.717, 1.165) is 29.9 Å². The number of aliphatic hydroxyl groups is 1. The molecule has 0 aliphatic heterocycles. The summed E-state index contributed by atoms with van der Waals surface area (Å²) in [6.07, 6.45) is 5.32. The fraction of sp³-hybridized carbons (Fsp3) is 0.370. The Morgan fingerprint density at radius 3 is 2.64 bits per heavy atom. The second-order valence-electron chi connectivity index (χ2n) is 8.81. The Morgan fingerprint density at radius 1 is 1.21 bits per heavy atom. The van der Waals surface area contributed by atoms with Crippen molar-refractivity contribution < 1.29 is 14.2 Å². The lowest BCUT2D eigenvalue weighted by atomic mass is 10.1. The summed E-state index contributed by atoms with van der Waals surface area (Å²) in [6, 6.07) is 16.1. The number of aromatic nitrogens is 2. The van der Waals surface area contributed by atoms with Gasteiger partial charge in [0.2, 0.25) is 5.88 Å². The first-order chi connectivity index (χ1) is 16.0. The molecule has 0 radical (unpaired) electrons. The lowest BCUT2D eigenvalue weighted by Crippen LogP contribution is -2.34. The predicted octanol–water partition coefficient (Wildman–Crippen LogP) is 5.65. The zero-order valence-corrected chi connectivity index (χ0v) is 19.2. The van der Waals surface area contributed by atoms with Gasteiger partial charge in [-0.15, -0.1) is 6.58 Å². The van der Waals surface area contributed by atoms with Crippen molar-refractivity contribution in [2.75, 3.05) is 13.1 Å². The first-order valence-corrected chi connectivity index (χ1v) is 11.6. The third-order valence-electron chi connectivity index (χ3n) is 5.95. The number of nitrogens with zero attached hydrogens (tertiary/aromatic N) is 3. The Bertz CT molecular complexity index is 1060. The molecular formula is C27H32FN3O2. The van der Waals surface area contributed by atoms with E-state index in [9.17, 15) is 9.50 Å². The van der Waals surface area contributed by atoms with Crippen LogP contribution in [0.3, 0.4) is 0 Å². The van der Waals surface area contributed by atoms with Gasteiger partial charge in [-0.25, -0.2) is 9.07 Å². The number of halogens is 1. The molecule has 33 heavy (non-hydrogen) atoms. The average molecular weight is 450 g/mol. The summed E-state index contributed by atoms with van der Waals surface area (Å²) in [6.45, 7) is 7.77. The maximum absolute atomic E-state index is 14.5. The highest BCUT2D eigenvalue weighted by Gasteiger charge is 2.28. The summed E-state index contributed by atoms with van der Waals surface area (Å²) >= 11 is 0. The lowest BCUT2D eigenvalue weighted by molar-refractivity contribution is 0.0991. The molecule has 0 saturated heterocycles. The molecule has 1 aromatic heterocycles. The Morgan fingerprint density at radius 2 is 1.94 bits per heavy atom. The molecule has 1 aliphatic carbocycles. The number of para-hydroxylation sites is 2. The van der Waals surface area contributed by atoms with Gasteiger partial charge in [0, 0.05) is 19.6 Å². The summed E-state index contributed by atoms with van der Waals surface area (Å²) in [5.41, 5.74) is 2.57. The van der Waals surface area contributed by atoms with E-state index in [4.69, 9.17) is 9.84 Å². The van der Waals surface area contributed by atoms with E-state index in [1.807, 2.05) is 43.3 Å². The molecule has 174 valence electrons. The topological polar surface area (TPSA) is 50.5 Å². The first kappa shape index (κ1) is 23.2. The molecule has 3 aromatic rings. The van der Waals surface area contributed by atoms with Crippen molar-refractivity contribution >= 4 is 0 Å². The standard InChI is InChI=1S/C27H32FN3O2/c1-3-4-12-23(32)18-30(17-21-15-16-21)19-24-20(2)29-31(22-10-6-5-7-11-22)27(24)33-26-14-9-8-13-25(26)28/h3,5-11,13-14,21,23,32H,1,4,12,15-19H2,2H3/t23-/m0/s1. The number of allylic oxidation sites excluding steroid dienone is 1. The van der Waals surface area contributed by atoms with Gasteiger partial charge in [0.1, 0.15) is 0 Å². The van der Waals surface area contributed by atoms with Gasteiger partial charge in [0.05, 0.1) is 23.0 Å². The van der Waals surface area contributed by atoms with E-state index >= 15 is 0 Å². The van der Waals surface area contributed by atoms with Crippen LogP contribution in [0.25, 0.3) is 5.69 Å². The summed E-state index contributed by atoms with van der Waals surface area (Å²) in [5, 5.41) is 15.3. The highest BCUT2D eigenvalue weighted by atomic mass is 19.1. The highest BCUT2D eigenvalue weighted by molar-refractivity contribution is 5.43. The SMILES string of the molecule is C=CCC[C@H](O)CN(Cc1c(C)nn(-c2ccccc2)c1Oc1ccccc1F)CC1CC1. The van der Waals surface area contributed by atoms with Gasteiger partial charge in [0.15, 0.2) is 11.6 Å². The van der Waals surface area contributed by atoms with Crippen molar-refractivity contribution in [1.29, 1.82) is 0 Å². The molecule has 4 rings (SSSR count). The molecule has 0 unspecified atom stereocenters. The van der Waals surface area contributed by atoms with Crippen LogP contribution in [0.4, 0.5) is 4.39 Å². The molecule has 1 fully saturated rings. The van der Waals surface area contributed by atoms with Crippen LogP contribution in [0.5, 0.6) is 11.6 Å². The quantitative estimate of drug-likeness (QED) is 0.363. The van der Waals surface area contributed by atoms with Crippen molar-refractivity contribution in [2.45, 2.75) is 45.3 Å². The van der Waals surface area contributed by atoms with Crippen LogP contribution in [-0.2, 0) is 6.54 Å². The summed E-state index contributed by atoms with van der Waals surface area (Å²) in [7, 11) is 0. The zero-order chi connectivity index (χ0) is 23.2. The molecule has 1 atom stereocenters. The van der Waals surface area contributed by atoms with E-state index < -0.39 is 11.9 Å². The number of aliphatic hydroxyl groups excluding tert-OH is 1. The first-order valence-electron chi connectivity index (χ1n) is 11.6. The minimum atomic E-state index is -0.429. The summed E-state index contributed by atoms with van der Waals surface area (Å²) in [5.74, 6) is 0.911. The molecule has 0 spiro atoms. The minimum Gasteiger partial charge on any atom is -0.435 e. The monoisotopic (exact) mass is 449 g/mol. The third-order valence-corrected chi connectivity index (χ3v) is 5.95. The van der Waals surface area contributed by atoms with Crippen LogP contribution in [0, 0.1) is 18.7 Å². The Balaban J connectivity index is 1.67. The Hall–Kier alpha value is -2.96. The van der Waals surface area contributed by atoms with Crippen molar-refractivity contribution in [2.24, 2.45) is 5.92 Å². The maximum atomic E-state index is 14.5. The van der Waals surface area contributed by atoms with Crippen molar-refractivity contribution in [3.8, 4) is 17.3 Å². The second-order valence-corrected chi connectivity index (χ2v) is 8.81. The maximum Gasteiger partial charge on any atom is 0.227 e. The molecule has 1 heterocycles. The normalized spacial score (nSPS) is 14.4. The number of benzene rings is 2. The minimum absolute atomic E-state index is 0.163. The fourth-order valence-corrected chi connectivity index (χ4v) is 3.99. The Kier molecular flexibility index (Phi) is 7.57. The molecule has 1 N–H and O–H groups in total. The van der Waals surface area contributed by atoms with Crippen LogP contribution in [0.15, 0.2) is 67.3 Å². The molecule has 2 aromatic carbocycles. The molecule has 0 bridgehead atoms. The molecule has 1 aliphatic rings. The highest BCUT2D eigenvalue weighted by Crippen LogP contribution is 2.35. The van der Waals surface area contributed by atoms with Crippen LogP contribution >= 0.6 is 0 Å². The molecular weight excluding hydrogens is 417 g/mol. The van der Waals surface area contributed by atoms with Crippen molar-refractivity contribution in [1.82, 2.24) is 14.7 Å². The van der Waals surface area contributed by atoms with E-state index in [1.54, 1.807) is 22.9 Å². The molecule has 1 saturated carbocycles. The summed E-state index contributed by atoms with van der Waals surface area (Å²) < 4.78 is 22.4. The van der Waals surface area contributed by atoms with Gasteiger partial charge in [-0.05, 0) is 62.8 Å². The molecule has 5 nitrogen and oxygen atoms in total. The predicted molar refractivity (Wildman–Crippen MR) is 128 cm³/mol. The van der Waals surface area contributed by atoms with E-state index in [2.05, 4.69) is 11.5 Å². The number of ether oxygens (including phenoxy) is 1. The average Bonchev–Trinajstić information content (AvgIpc) is 3.58. The van der Waals surface area contributed by atoms with Gasteiger partial charge in [-0.2, -0.15) is 5.10 Å². The van der Waals surface area contributed by atoms with Crippen LogP contribution in [0.2, 0.25) is 0 Å². The van der Waals surface area contributed by atoms with Crippen LogP contribution in [-0.4, -0.2) is 39.0 Å². The third kappa shape index (κ3) is 6.09. The van der Waals surface area contributed by atoms with Crippen molar-refractivity contribution in [3.63, 3.8) is 0 Å². The van der Waals surface area contributed by atoms with Crippen LogP contribution < -0.4 is 4.74 Å². The van der Waals surface area contributed by atoms with Gasteiger partial charge < -0.3 is 9.84 Å². The number of rotatable bonds is 12. The van der Waals surface area contributed by atoms with E-state index in [-0.39, 0.29) is 5.75 Å². The zero-order valence-electron chi connectivity index (χ0n) is 19.2. The lowest BCUT2D eigenvalue weighted by Gasteiger charge is -2.25. The van der Waals surface area contributed by atoms with Gasteiger partial charge in [-0.1, -0.05) is 36.4 Å². The van der Waals surface area contributed by atoms with Crippen molar-refractivity contribution in [3.05, 3.63) is 84.3 Å². The smallest absolute Gasteiger partial charge is 0.227 e. The van der Waals surface area contributed by atoms with Gasteiger partial charge >= 0.3 is 0 Å². The number of hydrogen-bond acceptors (Lipinski definition) is 4. The second kappa shape index (κ2) is 10.8. The number of aryl methyl sites for hydroxylation is 1. The number of hydrogen-bond donors (Lipinski definition) is 1. The van der Waals surface area contributed by atoms with Crippen LogP contribution in [0.1, 0.15) is 36.9 Å². The molecule has 0 amide bonds. The van der Waals surface area contributed by atoms with E-state index in [1.165, 1.54) is 18.9 Å².